The number of benzene rings is 2. The van der Waals surface area contributed by atoms with Crippen LogP contribution in [-0.2, 0) is 9.47 Å². The van der Waals surface area contributed by atoms with Crippen LogP contribution >= 0.6 is 24.4 Å². The first-order valence-electron chi connectivity index (χ1n) is 6.72. The van der Waals surface area contributed by atoms with Crippen molar-refractivity contribution >= 4 is 34.5 Å². The van der Waals surface area contributed by atoms with Crippen LogP contribution in [0.2, 0.25) is 0 Å². The standard InChI is InChI=1S/C17H16O2S2/c20-16(14-8-3-1-4-9-14)18-12-7-13-19-17(21)15-10-5-2-6-11-15/h1-6,8-11H,7,12-13H2. The molecule has 2 aromatic carbocycles. The average Bonchev–Trinajstić information content (AvgIpc) is 2.55. The predicted molar refractivity (Wildman–Crippen MR) is 92.8 cm³/mol. The Labute approximate surface area is 135 Å². The number of thiocarbonyl (C=S) groups is 2. The number of hydrogen-bond donors (Lipinski definition) is 0. The third kappa shape index (κ3) is 5.25. The molecule has 0 saturated heterocycles. The minimum absolute atomic E-state index is 0.515. The molecule has 2 rings (SSSR count). The van der Waals surface area contributed by atoms with E-state index in [2.05, 4.69) is 0 Å². The summed E-state index contributed by atoms with van der Waals surface area (Å²) >= 11 is 10.4. The van der Waals surface area contributed by atoms with E-state index >= 15 is 0 Å². The van der Waals surface area contributed by atoms with Gasteiger partial charge in [0.1, 0.15) is 0 Å². The first kappa shape index (κ1) is 15.6. The van der Waals surface area contributed by atoms with Crippen LogP contribution in [0.4, 0.5) is 0 Å². The molecule has 0 aliphatic rings. The van der Waals surface area contributed by atoms with E-state index in [0.29, 0.717) is 23.3 Å². The highest BCUT2D eigenvalue weighted by Crippen LogP contribution is 2.05. The molecule has 0 unspecified atom stereocenters. The fourth-order valence-electron chi connectivity index (χ4n) is 1.70. The van der Waals surface area contributed by atoms with Crippen LogP contribution in [0.15, 0.2) is 60.7 Å². The molecule has 0 aromatic heterocycles. The van der Waals surface area contributed by atoms with Gasteiger partial charge >= 0.3 is 0 Å². The molecule has 0 N–H and O–H groups in total. The largest absolute Gasteiger partial charge is 0.483 e. The highest BCUT2D eigenvalue weighted by molar-refractivity contribution is 7.80. The fourth-order valence-corrected chi connectivity index (χ4v) is 2.14. The fraction of sp³-hybridized carbons (Fsp3) is 0.176. The van der Waals surface area contributed by atoms with Crippen molar-refractivity contribution in [2.24, 2.45) is 0 Å². The SMILES string of the molecule is S=C(OCCCOC(=S)c1ccccc1)c1ccccc1. The maximum Gasteiger partial charge on any atom is 0.191 e. The summed E-state index contributed by atoms with van der Waals surface area (Å²) in [5, 5.41) is 1.03. The van der Waals surface area contributed by atoms with E-state index < -0.39 is 0 Å². The molecule has 2 aromatic rings. The minimum Gasteiger partial charge on any atom is -0.483 e. The van der Waals surface area contributed by atoms with E-state index in [4.69, 9.17) is 33.9 Å². The van der Waals surface area contributed by atoms with Crippen molar-refractivity contribution in [3.05, 3.63) is 71.8 Å². The van der Waals surface area contributed by atoms with E-state index in [1.54, 1.807) is 0 Å². The van der Waals surface area contributed by atoms with Gasteiger partial charge in [0.2, 0.25) is 0 Å². The summed E-state index contributed by atoms with van der Waals surface area (Å²) in [5.41, 5.74) is 1.85. The van der Waals surface area contributed by atoms with Gasteiger partial charge in [-0.05, 0) is 24.4 Å². The van der Waals surface area contributed by atoms with Crippen molar-refractivity contribution in [2.75, 3.05) is 13.2 Å². The molecule has 108 valence electrons. The number of rotatable bonds is 6. The molecule has 21 heavy (non-hydrogen) atoms. The lowest BCUT2D eigenvalue weighted by Gasteiger charge is -2.09. The molecule has 0 saturated carbocycles. The van der Waals surface area contributed by atoms with Crippen molar-refractivity contribution in [3.63, 3.8) is 0 Å². The van der Waals surface area contributed by atoms with Crippen molar-refractivity contribution in [2.45, 2.75) is 6.42 Å². The number of ether oxygens (including phenoxy) is 2. The van der Waals surface area contributed by atoms with Gasteiger partial charge < -0.3 is 9.47 Å². The van der Waals surface area contributed by atoms with Gasteiger partial charge in [-0.25, -0.2) is 0 Å². The van der Waals surface area contributed by atoms with Crippen LogP contribution in [0, 0.1) is 0 Å². The highest BCUT2D eigenvalue weighted by atomic mass is 32.1. The van der Waals surface area contributed by atoms with E-state index in [0.717, 1.165) is 17.5 Å². The molecule has 2 nitrogen and oxygen atoms in total. The van der Waals surface area contributed by atoms with Gasteiger partial charge in [-0.1, -0.05) is 60.7 Å². The lowest BCUT2D eigenvalue weighted by Crippen LogP contribution is -2.09. The van der Waals surface area contributed by atoms with Crippen LogP contribution in [0.5, 0.6) is 0 Å². The molecular formula is C17H16O2S2. The summed E-state index contributed by atoms with van der Waals surface area (Å²) < 4.78 is 11.0. The Bertz CT molecular complexity index is 529. The average molecular weight is 316 g/mol. The highest BCUT2D eigenvalue weighted by Gasteiger charge is 2.03. The molecule has 0 spiro atoms. The van der Waals surface area contributed by atoms with Gasteiger partial charge in [0.15, 0.2) is 10.1 Å². The van der Waals surface area contributed by atoms with Crippen LogP contribution in [0.3, 0.4) is 0 Å². The first-order chi connectivity index (χ1) is 10.3. The quantitative estimate of drug-likeness (QED) is 0.588. The number of hydrogen-bond acceptors (Lipinski definition) is 4. The van der Waals surface area contributed by atoms with Gasteiger partial charge in [0.05, 0.1) is 13.2 Å². The predicted octanol–water partition coefficient (Wildman–Crippen LogP) is 4.16. The lowest BCUT2D eigenvalue weighted by molar-refractivity contribution is 0.241. The molecule has 0 heterocycles. The molecular weight excluding hydrogens is 300 g/mol. The van der Waals surface area contributed by atoms with Gasteiger partial charge in [0.25, 0.3) is 0 Å². The zero-order valence-corrected chi connectivity index (χ0v) is 13.2. The Morgan fingerprint density at radius 2 is 1.05 bits per heavy atom. The second kappa shape index (κ2) is 8.49. The molecule has 0 amide bonds. The van der Waals surface area contributed by atoms with Crippen LogP contribution in [0.25, 0.3) is 0 Å². The van der Waals surface area contributed by atoms with Gasteiger partial charge in [-0.15, -0.1) is 0 Å². The Morgan fingerprint density at radius 3 is 1.43 bits per heavy atom. The molecule has 0 aliphatic carbocycles. The summed E-state index contributed by atoms with van der Waals surface area (Å²) in [4.78, 5) is 0. The third-order valence-electron chi connectivity index (χ3n) is 2.77. The van der Waals surface area contributed by atoms with Crippen LogP contribution in [0.1, 0.15) is 17.5 Å². The van der Waals surface area contributed by atoms with E-state index in [-0.39, 0.29) is 0 Å². The minimum atomic E-state index is 0.515. The van der Waals surface area contributed by atoms with Crippen LogP contribution in [-0.4, -0.2) is 23.3 Å². The molecule has 0 bridgehead atoms. The Hall–Kier alpha value is -1.78. The maximum absolute atomic E-state index is 5.52. The summed E-state index contributed by atoms with van der Waals surface area (Å²) in [6.07, 6.45) is 0.736. The molecule has 0 atom stereocenters. The normalized spacial score (nSPS) is 9.90. The molecule has 0 fully saturated rings. The zero-order valence-electron chi connectivity index (χ0n) is 11.5. The summed E-state index contributed by atoms with van der Waals surface area (Å²) in [7, 11) is 0. The first-order valence-corrected chi connectivity index (χ1v) is 7.53. The summed E-state index contributed by atoms with van der Waals surface area (Å²) in [5.74, 6) is 0. The van der Waals surface area contributed by atoms with Gasteiger partial charge in [0, 0.05) is 17.5 Å². The van der Waals surface area contributed by atoms with Crippen molar-refractivity contribution in [1.82, 2.24) is 0 Å². The van der Waals surface area contributed by atoms with E-state index in [1.165, 1.54) is 0 Å². The second-order valence-corrected chi connectivity index (χ2v) is 5.10. The summed E-state index contributed by atoms with van der Waals surface area (Å²) in [6.45, 7) is 1.04. The maximum atomic E-state index is 5.52. The Balaban J connectivity index is 1.64. The topological polar surface area (TPSA) is 18.5 Å². The monoisotopic (exact) mass is 316 g/mol. The van der Waals surface area contributed by atoms with Crippen molar-refractivity contribution in [3.8, 4) is 0 Å². The second-order valence-electron chi connectivity index (χ2n) is 4.36. The Kier molecular flexibility index (Phi) is 6.31. The van der Waals surface area contributed by atoms with Gasteiger partial charge in [-0.3, -0.25) is 0 Å². The smallest absolute Gasteiger partial charge is 0.191 e. The van der Waals surface area contributed by atoms with Crippen LogP contribution < -0.4 is 0 Å². The zero-order chi connectivity index (χ0) is 14.9. The molecule has 4 heteroatoms. The van der Waals surface area contributed by atoms with E-state index in [9.17, 15) is 0 Å². The Morgan fingerprint density at radius 1 is 0.667 bits per heavy atom. The molecule has 0 aliphatic heterocycles. The van der Waals surface area contributed by atoms with Gasteiger partial charge in [-0.2, -0.15) is 0 Å². The third-order valence-corrected chi connectivity index (χ3v) is 3.48. The lowest BCUT2D eigenvalue weighted by atomic mass is 10.2. The van der Waals surface area contributed by atoms with E-state index in [1.807, 2.05) is 60.7 Å². The van der Waals surface area contributed by atoms with Crippen molar-refractivity contribution < 1.29 is 9.47 Å². The van der Waals surface area contributed by atoms with Crippen molar-refractivity contribution in [1.29, 1.82) is 0 Å². The summed E-state index contributed by atoms with van der Waals surface area (Å²) in [6, 6.07) is 19.4. The molecule has 0 radical (unpaired) electrons.